The van der Waals surface area contributed by atoms with Crippen molar-refractivity contribution in [3.8, 4) is 0 Å². The first-order chi connectivity index (χ1) is 9.21. The summed E-state index contributed by atoms with van der Waals surface area (Å²) in [6.07, 6.45) is 0. The lowest BCUT2D eigenvalue weighted by atomic mass is 10.4. The van der Waals surface area contributed by atoms with Crippen LogP contribution in [0.2, 0.25) is 0 Å². The highest BCUT2D eigenvalue weighted by Crippen LogP contribution is 2.22. The fraction of sp³-hybridized carbons (Fsp3) is 0.750. The molecule has 0 saturated carbocycles. The summed E-state index contributed by atoms with van der Waals surface area (Å²) in [5.41, 5.74) is 6.68. The summed E-state index contributed by atoms with van der Waals surface area (Å²) in [5.74, 6) is 0. The minimum atomic E-state index is -3.51. The van der Waals surface area contributed by atoms with Crippen molar-refractivity contribution in [3.05, 3.63) is 11.4 Å². The number of aromatic nitrogens is 2. The average molecular weight is 303 g/mol. The molecule has 1 heterocycles. The molecule has 116 valence electrons. The molecule has 0 aliphatic heterocycles. The summed E-state index contributed by atoms with van der Waals surface area (Å²) >= 11 is 0. The molecule has 0 aliphatic carbocycles. The van der Waals surface area contributed by atoms with Gasteiger partial charge in [-0.25, -0.2) is 8.42 Å². The zero-order valence-corrected chi connectivity index (χ0v) is 13.7. The van der Waals surface area contributed by atoms with Gasteiger partial charge in [0.1, 0.15) is 4.90 Å². The summed E-state index contributed by atoms with van der Waals surface area (Å²) in [7, 11) is 1.91. The van der Waals surface area contributed by atoms with Crippen LogP contribution in [0.25, 0.3) is 0 Å². The van der Waals surface area contributed by atoms with Crippen LogP contribution in [0.4, 0.5) is 0 Å². The maximum absolute atomic E-state index is 12.6. The van der Waals surface area contributed by atoms with E-state index in [0.717, 1.165) is 0 Å². The van der Waals surface area contributed by atoms with Crippen molar-refractivity contribution in [3.63, 3.8) is 0 Å². The third-order valence-electron chi connectivity index (χ3n) is 3.19. The van der Waals surface area contributed by atoms with E-state index in [4.69, 9.17) is 5.73 Å². The maximum atomic E-state index is 12.6. The zero-order chi connectivity index (χ0) is 15.5. The highest BCUT2D eigenvalue weighted by molar-refractivity contribution is 7.89. The van der Waals surface area contributed by atoms with Gasteiger partial charge in [0.15, 0.2) is 0 Å². The van der Waals surface area contributed by atoms with Crippen LogP contribution in [-0.4, -0.2) is 68.2 Å². The highest BCUT2D eigenvalue weighted by atomic mass is 32.2. The molecule has 1 aromatic rings. The van der Waals surface area contributed by atoms with E-state index >= 15 is 0 Å². The Bertz CT molecular complexity index is 550. The van der Waals surface area contributed by atoms with Crippen molar-refractivity contribution in [2.75, 3.05) is 40.8 Å². The number of nitrogens with zero attached hydrogens (tertiary/aromatic N) is 4. The zero-order valence-electron chi connectivity index (χ0n) is 12.9. The number of hydrogen-bond acceptors (Lipinski definition) is 5. The lowest BCUT2D eigenvalue weighted by Gasteiger charge is -2.19. The predicted octanol–water partition coefficient (Wildman–Crippen LogP) is -0.359. The Morgan fingerprint density at radius 2 is 1.80 bits per heavy atom. The number of rotatable bonds is 7. The van der Waals surface area contributed by atoms with Crippen molar-refractivity contribution in [1.29, 1.82) is 0 Å². The fourth-order valence-corrected chi connectivity index (χ4v) is 3.54. The molecule has 0 fully saturated rings. The summed E-state index contributed by atoms with van der Waals surface area (Å²) in [6.45, 7) is 5.54. The Kier molecular flexibility index (Phi) is 5.69. The van der Waals surface area contributed by atoms with Crippen LogP contribution in [0.1, 0.15) is 11.4 Å². The van der Waals surface area contributed by atoms with Crippen LogP contribution in [-0.2, 0) is 16.6 Å². The second-order valence-electron chi connectivity index (χ2n) is 5.14. The first kappa shape index (κ1) is 17.1. The monoisotopic (exact) mass is 303 g/mol. The van der Waals surface area contributed by atoms with Gasteiger partial charge in [-0.05, 0) is 27.9 Å². The number of sulfonamides is 1. The Morgan fingerprint density at radius 3 is 2.30 bits per heavy atom. The first-order valence-electron chi connectivity index (χ1n) is 6.57. The van der Waals surface area contributed by atoms with Crippen LogP contribution in [0.15, 0.2) is 4.90 Å². The quantitative estimate of drug-likeness (QED) is 0.743. The standard InChI is InChI=1S/C12H25N5O2S/c1-10-12(11(2)17(14-10)7-6-13)20(18,19)16(5)9-8-15(3)4/h6-9,13H2,1-5H3. The van der Waals surface area contributed by atoms with E-state index in [-0.39, 0.29) is 0 Å². The highest BCUT2D eigenvalue weighted by Gasteiger charge is 2.28. The predicted molar refractivity (Wildman–Crippen MR) is 79.1 cm³/mol. The van der Waals surface area contributed by atoms with Gasteiger partial charge in [0.05, 0.1) is 17.9 Å². The second-order valence-corrected chi connectivity index (χ2v) is 7.12. The molecule has 1 rings (SSSR count). The van der Waals surface area contributed by atoms with Crippen LogP contribution >= 0.6 is 0 Å². The van der Waals surface area contributed by atoms with Gasteiger partial charge in [-0.2, -0.15) is 9.40 Å². The maximum Gasteiger partial charge on any atom is 0.246 e. The second kappa shape index (κ2) is 6.66. The molecule has 2 N–H and O–H groups in total. The molecule has 0 radical (unpaired) electrons. The molecule has 0 spiro atoms. The molecule has 0 amide bonds. The van der Waals surface area contributed by atoms with Crippen molar-refractivity contribution in [1.82, 2.24) is 19.0 Å². The summed E-state index contributed by atoms with van der Waals surface area (Å²) in [6, 6.07) is 0. The minimum Gasteiger partial charge on any atom is -0.329 e. The van der Waals surface area contributed by atoms with Crippen molar-refractivity contribution >= 4 is 10.0 Å². The van der Waals surface area contributed by atoms with Gasteiger partial charge in [-0.15, -0.1) is 0 Å². The Morgan fingerprint density at radius 1 is 1.20 bits per heavy atom. The van der Waals surface area contributed by atoms with E-state index in [9.17, 15) is 8.42 Å². The third-order valence-corrected chi connectivity index (χ3v) is 5.30. The molecule has 8 heteroatoms. The van der Waals surface area contributed by atoms with E-state index in [1.807, 2.05) is 19.0 Å². The Balaban J connectivity index is 3.09. The van der Waals surface area contributed by atoms with E-state index in [1.165, 1.54) is 4.31 Å². The van der Waals surface area contributed by atoms with E-state index in [0.29, 0.717) is 42.5 Å². The van der Waals surface area contributed by atoms with Gasteiger partial charge in [-0.3, -0.25) is 4.68 Å². The molecule has 0 atom stereocenters. The molecule has 0 bridgehead atoms. The molecular formula is C12H25N5O2S. The summed E-state index contributed by atoms with van der Waals surface area (Å²) < 4.78 is 28.3. The minimum absolute atomic E-state index is 0.298. The Hall–Kier alpha value is -0.960. The van der Waals surface area contributed by atoms with Crippen molar-refractivity contribution in [2.45, 2.75) is 25.3 Å². The van der Waals surface area contributed by atoms with Crippen LogP contribution in [0.3, 0.4) is 0 Å². The fourth-order valence-electron chi connectivity index (χ4n) is 2.01. The lowest BCUT2D eigenvalue weighted by Crippen LogP contribution is -2.34. The molecule has 0 unspecified atom stereocenters. The van der Waals surface area contributed by atoms with Gasteiger partial charge < -0.3 is 10.6 Å². The molecule has 20 heavy (non-hydrogen) atoms. The molecular weight excluding hydrogens is 278 g/mol. The summed E-state index contributed by atoms with van der Waals surface area (Å²) in [4.78, 5) is 2.25. The largest absolute Gasteiger partial charge is 0.329 e. The average Bonchev–Trinajstić information content (AvgIpc) is 2.62. The van der Waals surface area contributed by atoms with Gasteiger partial charge in [-0.1, -0.05) is 0 Å². The topological polar surface area (TPSA) is 84.5 Å². The molecule has 0 aliphatic rings. The summed E-state index contributed by atoms with van der Waals surface area (Å²) in [5, 5.41) is 4.26. The van der Waals surface area contributed by atoms with E-state index in [1.54, 1.807) is 25.6 Å². The number of hydrogen-bond donors (Lipinski definition) is 1. The van der Waals surface area contributed by atoms with Crippen molar-refractivity contribution < 1.29 is 8.42 Å². The lowest BCUT2D eigenvalue weighted by molar-refractivity contribution is 0.358. The Labute approximate surface area is 121 Å². The number of aryl methyl sites for hydroxylation is 1. The SMILES string of the molecule is Cc1nn(CCN)c(C)c1S(=O)(=O)N(C)CCN(C)C. The third kappa shape index (κ3) is 3.57. The van der Waals surface area contributed by atoms with Gasteiger partial charge in [0.2, 0.25) is 10.0 Å². The van der Waals surface area contributed by atoms with E-state index < -0.39 is 10.0 Å². The molecule has 0 aromatic carbocycles. The molecule has 0 saturated heterocycles. The van der Waals surface area contributed by atoms with Crippen LogP contribution in [0.5, 0.6) is 0 Å². The van der Waals surface area contributed by atoms with Gasteiger partial charge >= 0.3 is 0 Å². The normalized spacial score (nSPS) is 12.6. The van der Waals surface area contributed by atoms with E-state index in [2.05, 4.69) is 5.10 Å². The molecule has 7 nitrogen and oxygen atoms in total. The first-order valence-corrected chi connectivity index (χ1v) is 8.01. The van der Waals surface area contributed by atoms with Gasteiger partial charge in [0.25, 0.3) is 0 Å². The smallest absolute Gasteiger partial charge is 0.246 e. The van der Waals surface area contributed by atoms with Crippen LogP contribution < -0.4 is 5.73 Å². The van der Waals surface area contributed by atoms with Crippen LogP contribution in [0, 0.1) is 13.8 Å². The number of likely N-dealkylation sites (N-methyl/N-ethyl adjacent to an activating group) is 2. The van der Waals surface area contributed by atoms with Crippen molar-refractivity contribution in [2.24, 2.45) is 5.73 Å². The number of nitrogens with two attached hydrogens (primary N) is 1. The van der Waals surface area contributed by atoms with Gasteiger partial charge in [0, 0.05) is 26.7 Å². The molecule has 1 aromatic heterocycles.